The second kappa shape index (κ2) is 6.50. The average Bonchev–Trinajstić information content (AvgIpc) is 3.20. The number of ether oxygens (including phenoxy) is 1. The fraction of sp³-hybridized carbons (Fsp3) is 0.650. The molecule has 3 aliphatic heterocycles. The molecule has 0 bridgehead atoms. The molecule has 2 saturated heterocycles. The number of nitrogens with one attached hydrogen (secondary N) is 3. The molecule has 2 spiro atoms. The van der Waals surface area contributed by atoms with Gasteiger partial charge in [0.2, 0.25) is 11.8 Å². The van der Waals surface area contributed by atoms with Gasteiger partial charge in [-0.1, -0.05) is 6.07 Å². The van der Waals surface area contributed by atoms with Crippen molar-refractivity contribution >= 4 is 17.6 Å². The van der Waals surface area contributed by atoms with Crippen LogP contribution in [0.1, 0.15) is 44.1 Å². The van der Waals surface area contributed by atoms with E-state index in [1.54, 1.807) is 6.20 Å². The van der Waals surface area contributed by atoms with Gasteiger partial charge in [-0.15, -0.1) is 0 Å². The number of amides is 2. The first kappa shape index (κ1) is 18.0. The maximum absolute atomic E-state index is 13.1. The average molecular weight is 386 g/mol. The summed E-state index contributed by atoms with van der Waals surface area (Å²) >= 11 is 0. The van der Waals surface area contributed by atoms with Crippen molar-refractivity contribution in [1.82, 2.24) is 15.6 Å². The van der Waals surface area contributed by atoms with Crippen LogP contribution >= 0.6 is 0 Å². The second-order valence-corrected chi connectivity index (χ2v) is 8.52. The van der Waals surface area contributed by atoms with E-state index >= 15 is 0 Å². The topological polar surface area (TPSA) is 113 Å². The third-order valence-electron chi connectivity index (χ3n) is 7.11. The number of aliphatic hydroxyl groups is 1. The summed E-state index contributed by atoms with van der Waals surface area (Å²) in [6, 6.07) is 3.34. The molecule has 5 rings (SSSR count). The Labute approximate surface area is 163 Å². The highest BCUT2D eigenvalue weighted by Crippen LogP contribution is 2.58. The Kier molecular flexibility index (Phi) is 4.19. The molecular weight excluding hydrogens is 360 g/mol. The van der Waals surface area contributed by atoms with E-state index < -0.39 is 11.5 Å². The van der Waals surface area contributed by atoms with Crippen LogP contribution in [0.2, 0.25) is 0 Å². The van der Waals surface area contributed by atoms with Crippen molar-refractivity contribution in [3.63, 3.8) is 0 Å². The van der Waals surface area contributed by atoms with E-state index in [9.17, 15) is 14.7 Å². The Morgan fingerprint density at radius 2 is 2.25 bits per heavy atom. The minimum absolute atomic E-state index is 0.0123. The van der Waals surface area contributed by atoms with Crippen molar-refractivity contribution < 1.29 is 19.4 Å². The largest absolute Gasteiger partial charge is 0.394 e. The Balaban J connectivity index is 1.37. The summed E-state index contributed by atoms with van der Waals surface area (Å²) in [6.07, 6.45) is 6.31. The number of aromatic nitrogens is 1. The van der Waals surface area contributed by atoms with Crippen LogP contribution in [-0.2, 0) is 19.7 Å². The highest BCUT2D eigenvalue weighted by molar-refractivity contribution is 6.07. The summed E-state index contributed by atoms with van der Waals surface area (Å²) < 4.78 is 5.58. The molecule has 1 aliphatic carbocycles. The Hall–Kier alpha value is -2.03. The predicted octanol–water partition coefficient (Wildman–Crippen LogP) is 0.212. The van der Waals surface area contributed by atoms with E-state index in [-0.39, 0.29) is 36.1 Å². The quantitative estimate of drug-likeness (QED) is 0.591. The molecular formula is C20H26N4O4. The first-order valence-corrected chi connectivity index (χ1v) is 10.2. The molecule has 4 atom stereocenters. The maximum atomic E-state index is 13.1. The summed E-state index contributed by atoms with van der Waals surface area (Å²) in [4.78, 5) is 30.5. The summed E-state index contributed by atoms with van der Waals surface area (Å²) in [5.41, 5.74) is -0.199. The maximum Gasteiger partial charge on any atom is 0.238 e. The zero-order valence-corrected chi connectivity index (χ0v) is 15.7. The highest BCUT2D eigenvalue weighted by atomic mass is 16.5. The minimum Gasteiger partial charge on any atom is -0.394 e. The normalized spacial score (nSPS) is 35.5. The molecule has 1 saturated carbocycles. The number of carbonyl (C=O) groups excluding carboxylic acids is 2. The van der Waals surface area contributed by atoms with Gasteiger partial charge in [-0.2, -0.15) is 0 Å². The molecule has 8 nitrogen and oxygen atoms in total. The van der Waals surface area contributed by atoms with Crippen LogP contribution in [0.4, 0.5) is 5.82 Å². The SMILES string of the molecule is O=C(N[C@@H]1CC[C@@H](CO)OC1)C1CC2(C(=O)Nc3ncccc32)C2(CCC2)N1. The van der Waals surface area contributed by atoms with E-state index in [0.717, 1.165) is 37.7 Å². The lowest BCUT2D eigenvalue weighted by molar-refractivity contribution is -0.125. The van der Waals surface area contributed by atoms with E-state index in [2.05, 4.69) is 20.9 Å². The fourth-order valence-electron chi connectivity index (χ4n) is 5.50. The highest BCUT2D eigenvalue weighted by Gasteiger charge is 2.68. The zero-order valence-electron chi connectivity index (χ0n) is 15.7. The molecule has 0 aromatic carbocycles. The molecule has 2 amide bonds. The lowest BCUT2D eigenvalue weighted by atomic mass is 9.57. The third-order valence-corrected chi connectivity index (χ3v) is 7.11. The summed E-state index contributed by atoms with van der Waals surface area (Å²) in [6.45, 7) is 0.422. The number of pyridine rings is 1. The number of hydrogen-bond acceptors (Lipinski definition) is 6. The van der Waals surface area contributed by atoms with Gasteiger partial charge in [0.25, 0.3) is 0 Å². The van der Waals surface area contributed by atoms with Gasteiger partial charge in [0.05, 0.1) is 36.8 Å². The molecule has 3 fully saturated rings. The molecule has 4 aliphatic rings. The minimum atomic E-state index is -0.734. The first-order chi connectivity index (χ1) is 13.6. The molecule has 4 heterocycles. The van der Waals surface area contributed by atoms with E-state index in [0.29, 0.717) is 18.8 Å². The van der Waals surface area contributed by atoms with Gasteiger partial charge in [-0.25, -0.2) is 4.98 Å². The molecule has 8 heteroatoms. The second-order valence-electron chi connectivity index (χ2n) is 8.52. The van der Waals surface area contributed by atoms with Crippen molar-refractivity contribution in [3.05, 3.63) is 23.9 Å². The molecule has 2 unspecified atom stereocenters. The van der Waals surface area contributed by atoms with Gasteiger partial charge in [0, 0.05) is 17.3 Å². The van der Waals surface area contributed by atoms with Crippen molar-refractivity contribution in [1.29, 1.82) is 0 Å². The van der Waals surface area contributed by atoms with Crippen LogP contribution in [0.25, 0.3) is 0 Å². The number of nitrogens with zero attached hydrogens (tertiary/aromatic N) is 1. The van der Waals surface area contributed by atoms with E-state index in [1.807, 2.05) is 12.1 Å². The summed E-state index contributed by atoms with van der Waals surface area (Å²) in [5, 5.41) is 18.7. The van der Waals surface area contributed by atoms with E-state index in [1.165, 1.54) is 0 Å². The van der Waals surface area contributed by atoms with Gasteiger partial charge in [0.15, 0.2) is 0 Å². The van der Waals surface area contributed by atoms with Gasteiger partial charge < -0.3 is 20.5 Å². The molecule has 0 radical (unpaired) electrons. The molecule has 1 aromatic heterocycles. The van der Waals surface area contributed by atoms with Gasteiger partial charge in [-0.05, 0) is 44.6 Å². The van der Waals surface area contributed by atoms with Crippen LogP contribution in [0, 0.1) is 0 Å². The van der Waals surface area contributed by atoms with Crippen LogP contribution in [0.5, 0.6) is 0 Å². The third kappa shape index (κ3) is 2.44. The van der Waals surface area contributed by atoms with Crippen molar-refractivity contribution in [3.8, 4) is 0 Å². The Morgan fingerprint density at radius 3 is 2.93 bits per heavy atom. The Morgan fingerprint density at radius 1 is 1.39 bits per heavy atom. The lowest BCUT2D eigenvalue weighted by Gasteiger charge is -2.48. The fourth-order valence-corrected chi connectivity index (χ4v) is 5.50. The van der Waals surface area contributed by atoms with Gasteiger partial charge in [-0.3, -0.25) is 14.9 Å². The number of hydrogen-bond donors (Lipinski definition) is 4. The number of carbonyl (C=O) groups is 2. The van der Waals surface area contributed by atoms with Crippen LogP contribution in [-0.4, -0.2) is 58.8 Å². The monoisotopic (exact) mass is 386 g/mol. The van der Waals surface area contributed by atoms with Crippen molar-refractivity contribution in [2.24, 2.45) is 0 Å². The summed E-state index contributed by atoms with van der Waals surface area (Å²) in [7, 11) is 0. The van der Waals surface area contributed by atoms with Crippen LogP contribution < -0.4 is 16.0 Å². The smallest absolute Gasteiger partial charge is 0.238 e. The molecule has 4 N–H and O–H groups in total. The standard InChI is InChI=1S/C20H26N4O4/c25-10-13-5-4-12(11-28-13)22-17(26)15-9-20(19(24-15)6-2-7-19)14-3-1-8-21-16(14)23-18(20)27/h1,3,8,12-13,15,24-25H,2,4-7,9-11H2,(H,22,26)(H,21,23,27)/t12-,13+,15?,20?/m1/s1. The van der Waals surface area contributed by atoms with Gasteiger partial charge in [0.1, 0.15) is 5.82 Å². The first-order valence-electron chi connectivity index (χ1n) is 10.2. The van der Waals surface area contributed by atoms with Gasteiger partial charge >= 0.3 is 0 Å². The molecule has 1 aromatic rings. The number of anilines is 1. The predicted molar refractivity (Wildman–Crippen MR) is 101 cm³/mol. The van der Waals surface area contributed by atoms with Crippen LogP contribution in [0.3, 0.4) is 0 Å². The van der Waals surface area contributed by atoms with Crippen LogP contribution in [0.15, 0.2) is 18.3 Å². The van der Waals surface area contributed by atoms with E-state index in [4.69, 9.17) is 4.74 Å². The molecule has 28 heavy (non-hydrogen) atoms. The number of aliphatic hydroxyl groups excluding tert-OH is 1. The number of rotatable bonds is 3. The van der Waals surface area contributed by atoms with Crippen molar-refractivity contribution in [2.45, 2.75) is 67.7 Å². The van der Waals surface area contributed by atoms with Crippen molar-refractivity contribution in [2.75, 3.05) is 18.5 Å². The number of fused-ring (bicyclic) bond motifs is 3. The zero-order chi connectivity index (χ0) is 19.4. The molecule has 150 valence electrons. The Bertz CT molecular complexity index is 803. The summed E-state index contributed by atoms with van der Waals surface area (Å²) in [5.74, 6) is 0.497. The lowest BCUT2D eigenvalue weighted by Crippen LogP contribution is -2.62.